The normalized spacial score (nSPS) is 29.7. The maximum atomic E-state index is 13.1. The molecule has 3 rings (SSSR count). The minimum Gasteiger partial charge on any atom is -0.481 e. The smallest absolute Gasteiger partial charge is 0.312 e. The summed E-state index contributed by atoms with van der Waals surface area (Å²) >= 11 is 0. The molecule has 2 heterocycles. The molecule has 0 radical (unpaired) electrons. The lowest BCUT2D eigenvalue weighted by Gasteiger charge is -2.59. The van der Waals surface area contributed by atoms with Gasteiger partial charge >= 0.3 is 11.9 Å². The quantitative estimate of drug-likeness (QED) is 0.404. The maximum Gasteiger partial charge on any atom is 0.312 e. The molecule has 3 N–H and O–H groups in total. The Morgan fingerprint density at radius 2 is 2.00 bits per heavy atom. The molecular weight excluding hydrogens is 428 g/mol. The van der Waals surface area contributed by atoms with Gasteiger partial charge in [0.2, 0.25) is 0 Å². The summed E-state index contributed by atoms with van der Waals surface area (Å²) in [5.74, 6) is -3.78. The third kappa shape index (κ3) is 3.68. The van der Waals surface area contributed by atoms with Gasteiger partial charge in [0.1, 0.15) is 0 Å². The van der Waals surface area contributed by atoms with E-state index >= 15 is 0 Å². The first-order chi connectivity index (χ1) is 15.5. The van der Waals surface area contributed by atoms with E-state index in [4.69, 9.17) is 0 Å². The van der Waals surface area contributed by atoms with Crippen molar-refractivity contribution in [1.29, 1.82) is 0 Å². The van der Waals surface area contributed by atoms with Crippen molar-refractivity contribution >= 4 is 17.6 Å². The van der Waals surface area contributed by atoms with Crippen LogP contribution in [0.3, 0.4) is 0 Å². The van der Waals surface area contributed by atoms with Crippen molar-refractivity contribution < 1.29 is 24.7 Å². The van der Waals surface area contributed by atoms with Crippen molar-refractivity contribution in [2.45, 2.75) is 58.7 Å². The van der Waals surface area contributed by atoms with Crippen LogP contribution in [-0.4, -0.2) is 48.7 Å². The van der Waals surface area contributed by atoms with Crippen LogP contribution in [0.2, 0.25) is 0 Å². The highest BCUT2D eigenvalue weighted by atomic mass is 16.6. The molecule has 1 aromatic heterocycles. The third-order valence-electron chi connectivity index (χ3n) is 7.46. The van der Waals surface area contributed by atoms with Crippen molar-refractivity contribution in [3.8, 4) is 0 Å². The number of aromatic nitrogens is 2. The lowest BCUT2D eigenvalue weighted by atomic mass is 9.47. The van der Waals surface area contributed by atoms with Gasteiger partial charge in [-0.15, -0.1) is 0 Å². The summed E-state index contributed by atoms with van der Waals surface area (Å²) < 4.78 is 1.76. The number of carboxylic acids is 2. The number of nitro benzene ring substituents is 1. The molecule has 33 heavy (non-hydrogen) atoms. The number of benzene rings is 1. The number of nitrogens with zero attached hydrogens (tertiary/aromatic N) is 3. The fraction of sp³-hybridized carbons (Fsp3) is 0.522. The molecule has 1 saturated heterocycles. The number of nitrogens with one attached hydrogen (secondary N) is 1. The van der Waals surface area contributed by atoms with E-state index in [9.17, 15) is 29.9 Å². The Bertz CT molecular complexity index is 1040. The van der Waals surface area contributed by atoms with Gasteiger partial charge in [-0.3, -0.25) is 19.7 Å². The third-order valence-corrected chi connectivity index (χ3v) is 7.46. The first-order valence-corrected chi connectivity index (χ1v) is 11.0. The molecular formula is C23H30N4O6. The monoisotopic (exact) mass is 458 g/mol. The second-order valence-electron chi connectivity index (χ2n) is 9.08. The molecule has 5 unspecified atom stereocenters. The van der Waals surface area contributed by atoms with Crippen LogP contribution in [0.4, 0.5) is 5.69 Å². The van der Waals surface area contributed by atoms with Crippen LogP contribution in [0.15, 0.2) is 43.0 Å². The summed E-state index contributed by atoms with van der Waals surface area (Å²) in [4.78, 5) is 41.1. The number of aliphatic carboxylic acids is 2. The first-order valence-electron chi connectivity index (χ1n) is 11.0. The van der Waals surface area contributed by atoms with E-state index in [-0.39, 0.29) is 18.7 Å². The maximum absolute atomic E-state index is 13.1. The van der Waals surface area contributed by atoms with Crippen molar-refractivity contribution in [3.63, 3.8) is 0 Å². The molecule has 10 heteroatoms. The summed E-state index contributed by atoms with van der Waals surface area (Å²) in [6.07, 6.45) is 5.02. The Labute approximate surface area is 191 Å². The molecule has 1 aromatic carbocycles. The second-order valence-corrected chi connectivity index (χ2v) is 9.08. The number of piperidine rings is 1. The molecule has 1 aliphatic rings. The fourth-order valence-corrected chi connectivity index (χ4v) is 5.94. The van der Waals surface area contributed by atoms with Crippen molar-refractivity contribution in [2.75, 3.05) is 0 Å². The topological polar surface area (TPSA) is 148 Å². The van der Waals surface area contributed by atoms with Crippen LogP contribution in [0, 0.1) is 26.9 Å². The van der Waals surface area contributed by atoms with Crippen LogP contribution in [0.25, 0.3) is 0 Å². The lowest BCUT2D eigenvalue weighted by molar-refractivity contribution is -0.385. The zero-order valence-corrected chi connectivity index (χ0v) is 19.1. The number of imidazole rings is 1. The van der Waals surface area contributed by atoms with Gasteiger partial charge in [-0.1, -0.05) is 32.9 Å². The molecule has 1 fully saturated rings. The van der Waals surface area contributed by atoms with Crippen molar-refractivity contribution in [1.82, 2.24) is 14.9 Å². The average molecular weight is 459 g/mol. The highest BCUT2D eigenvalue weighted by molar-refractivity contribution is 5.84. The van der Waals surface area contributed by atoms with Gasteiger partial charge in [0.05, 0.1) is 22.1 Å². The van der Waals surface area contributed by atoms with E-state index in [2.05, 4.69) is 10.3 Å². The summed E-state index contributed by atoms with van der Waals surface area (Å²) in [5, 5.41) is 36.1. The number of nitro groups is 1. The molecule has 5 atom stereocenters. The number of rotatable bonds is 8. The summed E-state index contributed by atoms with van der Waals surface area (Å²) in [7, 11) is 0. The van der Waals surface area contributed by atoms with Crippen LogP contribution >= 0.6 is 0 Å². The molecule has 0 saturated carbocycles. The van der Waals surface area contributed by atoms with Gasteiger partial charge in [0.25, 0.3) is 5.69 Å². The zero-order valence-electron chi connectivity index (χ0n) is 19.1. The van der Waals surface area contributed by atoms with E-state index in [1.54, 1.807) is 57.0 Å². The number of non-ortho nitro benzene ring substituents is 1. The van der Waals surface area contributed by atoms with Gasteiger partial charge in [-0.05, 0) is 24.8 Å². The van der Waals surface area contributed by atoms with Crippen molar-refractivity contribution in [2.24, 2.45) is 16.7 Å². The summed E-state index contributed by atoms with van der Waals surface area (Å²) in [6.45, 7) is 7.25. The summed E-state index contributed by atoms with van der Waals surface area (Å²) in [6, 6.07) is 4.47. The van der Waals surface area contributed by atoms with E-state index in [1.807, 2.05) is 0 Å². The molecule has 10 nitrogen and oxygen atoms in total. The fourth-order valence-electron chi connectivity index (χ4n) is 5.94. The highest BCUT2D eigenvalue weighted by Crippen LogP contribution is 2.60. The minimum absolute atomic E-state index is 0.122. The van der Waals surface area contributed by atoms with Crippen LogP contribution in [-0.2, 0) is 16.1 Å². The van der Waals surface area contributed by atoms with Gasteiger partial charge in [-0.2, -0.15) is 0 Å². The molecule has 0 aliphatic carbocycles. The Balaban J connectivity index is 2.37. The number of hydrogen-bond donors (Lipinski definition) is 3. The Kier molecular flexibility index (Phi) is 6.60. The largest absolute Gasteiger partial charge is 0.481 e. The van der Waals surface area contributed by atoms with Crippen LogP contribution in [0.5, 0.6) is 0 Å². The van der Waals surface area contributed by atoms with Gasteiger partial charge in [0.15, 0.2) is 0 Å². The standard InChI is InChI=1S/C23H30N4O6/c1-5-22(20(28)29)18(12-26-10-9-24-13-26)25-15(4)23(14(2)3,21(30)31)19(22)16-7-6-8-17(11-16)27(32)33/h6-11,13-15,18-19,25H,5,12H2,1-4H3,(H,28,29)(H,30,31). The molecule has 1 aliphatic heterocycles. The SMILES string of the molecule is CCC1(C(=O)O)C(Cn2ccnc2)NC(C)C(C(=O)O)(C(C)C)C1c1cccc([N+](=O)[O-])c1. The van der Waals surface area contributed by atoms with E-state index < -0.39 is 51.6 Å². The van der Waals surface area contributed by atoms with Crippen molar-refractivity contribution in [3.05, 3.63) is 58.7 Å². The lowest BCUT2D eigenvalue weighted by Crippen LogP contribution is -2.72. The predicted octanol–water partition coefficient (Wildman–Crippen LogP) is 3.14. The van der Waals surface area contributed by atoms with E-state index in [0.29, 0.717) is 5.56 Å². The van der Waals surface area contributed by atoms with Gasteiger partial charge in [-0.25, -0.2) is 4.98 Å². The molecule has 2 aromatic rings. The van der Waals surface area contributed by atoms with Crippen LogP contribution < -0.4 is 5.32 Å². The first kappa shape index (κ1) is 24.4. The molecule has 0 spiro atoms. The van der Waals surface area contributed by atoms with Crippen LogP contribution in [0.1, 0.15) is 45.6 Å². The van der Waals surface area contributed by atoms with E-state index in [0.717, 1.165) is 0 Å². The predicted molar refractivity (Wildman–Crippen MR) is 120 cm³/mol. The number of carboxylic acid groups (broad SMARTS) is 2. The van der Waals surface area contributed by atoms with E-state index in [1.165, 1.54) is 18.2 Å². The Hall–Kier alpha value is -3.27. The Morgan fingerprint density at radius 1 is 1.30 bits per heavy atom. The molecule has 0 bridgehead atoms. The van der Waals surface area contributed by atoms with Gasteiger partial charge < -0.3 is 20.1 Å². The van der Waals surface area contributed by atoms with Gasteiger partial charge in [0, 0.05) is 49.1 Å². The summed E-state index contributed by atoms with van der Waals surface area (Å²) in [5.41, 5.74) is -2.96. The minimum atomic E-state index is -1.56. The number of carbonyl (C=O) groups is 2. The highest BCUT2D eigenvalue weighted by Gasteiger charge is 2.68. The molecule has 178 valence electrons. The molecule has 0 amide bonds. The number of hydrogen-bond acceptors (Lipinski definition) is 6. The zero-order chi connectivity index (χ0) is 24.6. The average Bonchev–Trinajstić information content (AvgIpc) is 3.26. The second kappa shape index (κ2) is 8.93. The Morgan fingerprint density at radius 3 is 2.48 bits per heavy atom.